The molecule has 1 aliphatic rings. The Balaban J connectivity index is 1.92. The van der Waals surface area contributed by atoms with Gasteiger partial charge in [-0.2, -0.15) is 0 Å². The summed E-state index contributed by atoms with van der Waals surface area (Å²) in [6.07, 6.45) is 0. The van der Waals surface area contributed by atoms with Gasteiger partial charge in [0, 0.05) is 9.13 Å². The van der Waals surface area contributed by atoms with Crippen molar-refractivity contribution in [3.8, 4) is 5.75 Å². The van der Waals surface area contributed by atoms with Gasteiger partial charge in [-0.1, -0.05) is 35.6 Å². The number of hydrogen-bond acceptors (Lipinski definition) is 8. The van der Waals surface area contributed by atoms with Crippen molar-refractivity contribution in [2.75, 3.05) is 18.6 Å². The van der Waals surface area contributed by atoms with E-state index in [9.17, 15) is 19.5 Å². The van der Waals surface area contributed by atoms with Crippen LogP contribution in [-0.2, 0) is 14.3 Å². The molecule has 0 aliphatic carbocycles. The van der Waals surface area contributed by atoms with Crippen molar-refractivity contribution in [3.63, 3.8) is 0 Å². The van der Waals surface area contributed by atoms with Gasteiger partial charge in [-0.15, -0.1) is 0 Å². The molecule has 1 fully saturated rings. The first-order chi connectivity index (χ1) is 16.8. The molecule has 4 rings (SSSR count). The zero-order chi connectivity index (χ0) is 25.3. The van der Waals surface area contributed by atoms with E-state index in [4.69, 9.17) is 9.47 Å². The average molecular weight is 604 g/mol. The van der Waals surface area contributed by atoms with Crippen LogP contribution in [0.5, 0.6) is 5.75 Å². The maximum atomic E-state index is 13.3. The minimum atomic E-state index is -0.946. The van der Waals surface area contributed by atoms with Gasteiger partial charge in [-0.05, 0) is 66.3 Å². The van der Waals surface area contributed by atoms with Crippen LogP contribution in [-0.4, -0.2) is 41.5 Å². The number of methoxy groups -OCH3 is 1. The van der Waals surface area contributed by atoms with Crippen molar-refractivity contribution < 1.29 is 29.0 Å². The molecule has 35 heavy (non-hydrogen) atoms. The molecule has 8 nitrogen and oxygen atoms in total. The van der Waals surface area contributed by atoms with Crippen LogP contribution in [0.3, 0.4) is 0 Å². The lowest BCUT2D eigenvalue weighted by atomic mass is 9.95. The molecule has 1 aromatic heterocycles. The molecule has 0 bridgehead atoms. The number of anilines is 1. The highest BCUT2D eigenvalue weighted by atomic mass is 127. The van der Waals surface area contributed by atoms with E-state index in [1.165, 1.54) is 12.0 Å². The highest BCUT2D eigenvalue weighted by Crippen LogP contribution is 2.44. The summed E-state index contributed by atoms with van der Waals surface area (Å²) < 4.78 is 11.3. The lowest BCUT2D eigenvalue weighted by Gasteiger charge is -2.23. The lowest BCUT2D eigenvalue weighted by molar-refractivity contribution is -0.132. The Morgan fingerprint density at radius 3 is 2.57 bits per heavy atom. The first kappa shape index (κ1) is 24.9. The third-order valence-corrected chi connectivity index (χ3v) is 7.27. The van der Waals surface area contributed by atoms with Crippen LogP contribution < -0.4 is 9.64 Å². The van der Waals surface area contributed by atoms with Crippen molar-refractivity contribution in [1.82, 2.24) is 4.98 Å². The van der Waals surface area contributed by atoms with Gasteiger partial charge in [0.1, 0.15) is 16.4 Å². The van der Waals surface area contributed by atoms with Crippen LogP contribution in [0.4, 0.5) is 5.13 Å². The Bertz CT molecular complexity index is 1350. The largest absolute Gasteiger partial charge is 0.507 e. The minimum Gasteiger partial charge on any atom is -0.507 e. The summed E-state index contributed by atoms with van der Waals surface area (Å²) in [4.78, 5) is 44.6. The maximum absolute atomic E-state index is 13.3. The summed E-state index contributed by atoms with van der Waals surface area (Å²) in [5.41, 5.74) is 1.26. The van der Waals surface area contributed by atoms with Gasteiger partial charge in [0.2, 0.25) is 0 Å². The van der Waals surface area contributed by atoms with Crippen molar-refractivity contribution in [2.24, 2.45) is 0 Å². The number of ether oxygens (including phenoxy) is 2. The Morgan fingerprint density at radius 2 is 1.91 bits per heavy atom. The number of amides is 1. The van der Waals surface area contributed by atoms with Gasteiger partial charge in [0.25, 0.3) is 5.78 Å². The summed E-state index contributed by atoms with van der Waals surface area (Å²) in [5, 5.41) is 11.4. The number of carbonyl (C=O) groups is 3. The number of esters is 1. The molecular formula is C25H21IN2O6S. The minimum absolute atomic E-state index is 0.0719. The summed E-state index contributed by atoms with van der Waals surface area (Å²) in [6, 6.07) is 13.0. The number of benzene rings is 2. The molecule has 1 atom stereocenters. The number of carbonyl (C=O) groups excluding carboxylic acids is 3. The number of aliphatic hydroxyl groups excluding tert-OH is 1. The number of aromatic nitrogens is 1. The number of aliphatic hydroxyl groups is 1. The van der Waals surface area contributed by atoms with Crippen LogP contribution in [0.2, 0.25) is 0 Å². The number of rotatable bonds is 6. The number of aryl methyl sites for hydroxylation is 1. The first-order valence-electron chi connectivity index (χ1n) is 10.6. The molecule has 3 aromatic rings. The quantitative estimate of drug-likeness (QED) is 0.141. The molecule has 1 amide bonds. The molecule has 180 valence electrons. The molecule has 0 radical (unpaired) electrons. The van der Waals surface area contributed by atoms with Crippen LogP contribution >= 0.6 is 33.9 Å². The molecule has 0 saturated carbocycles. The standard InChI is InChI=1S/C25H21IN2O6S/c1-4-34-17-7-5-6-15(12-17)20(29)18-19(14-8-10-16(26)11-9-14)28(23(31)21(18)30)25-27-13(2)22(35-25)24(32)33-3/h5-12,19,29H,4H2,1-3H3/b20-18+. The third kappa shape index (κ3) is 4.67. The van der Waals surface area contributed by atoms with E-state index in [1.54, 1.807) is 43.3 Å². The van der Waals surface area contributed by atoms with E-state index in [-0.39, 0.29) is 21.3 Å². The van der Waals surface area contributed by atoms with Crippen molar-refractivity contribution in [1.29, 1.82) is 0 Å². The molecule has 1 unspecified atom stereocenters. The zero-order valence-electron chi connectivity index (χ0n) is 19.1. The van der Waals surface area contributed by atoms with Crippen molar-refractivity contribution in [3.05, 3.63) is 79.4 Å². The summed E-state index contributed by atoms with van der Waals surface area (Å²) >= 11 is 3.12. The zero-order valence-corrected chi connectivity index (χ0v) is 22.0. The average Bonchev–Trinajstić information content (AvgIpc) is 3.36. The molecule has 10 heteroatoms. The van der Waals surface area contributed by atoms with E-state index < -0.39 is 23.7 Å². The smallest absolute Gasteiger partial charge is 0.350 e. The van der Waals surface area contributed by atoms with Crippen LogP contribution in [0, 0.1) is 10.5 Å². The van der Waals surface area contributed by atoms with Crippen molar-refractivity contribution in [2.45, 2.75) is 19.9 Å². The van der Waals surface area contributed by atoms with Gasteiger partial charge < -0.3 is 14.6 Å². The fourth-order valence-electron chi connectivity index (χ4n) is 3.81. The van der Waals surface area contributed by atoms with Crippen LogP contribution in [0.25, 0.3) is 5.76 Å². The highest BCUT2D eigenvalue weighted by Gasteiger charge is 2.48. The SMILES string of the molecule is CCOc1cccc(/C(O)=C2\C(=O)C(=O)N(c3nc(C)c(C(=O)OC)s3)C2c2ccc(I)cc2)c1. The molecule has 2 heterocycles. The fraction of sp³-hybridized carbons (Fsp3) is 0.200. The Labute approximate surface area is 219 Å². The van der Waals surface area contributed by atoms with E-state index in [0.717, 1.165) is 14.9 Å². The second kappa shape index (κ2) is 10.2. The molecule has 1 saturated heterocycles. The summed E-state index contributed by atoms with van der Waals surface area (Å²) in [7, 11) is 1.26. The van der Waals surface area contributed by atoms with Gasteiger partial charge in [-0.25, -0.2) is 9.78 Å². The summed E-state index contributed by atoms with van der Waals surface area (Å²) in [5.74, 6) is -2.07. The predicted octanol–water partition coefficient (Wildman–Crippen LogP) is 4.87. The van der Waals surface area contributed by atoms with E-state index in [2.05, 4.69) is 27.6 Å². The van der Waals surface area contributed by atoms with Gasteiger partial charge in [0.05, 0.1) is 31.0 Å². The lowest BCUT2D eigenvalue weighted by Crippen LogP contribution is -2.29. The number of thiazole rings is 1. The molecular weight excluding hydrogens is 583 g/mol. The van der Waals surface area contributed by atoms with Gasteiger partial charge in [-0.3, -0.25) is 14.5 Å². The van der Waals surface area contributed by atoms with Crippen LogP contribution in [0.15, 0.2) is 54.1 Å². The Kier molecular flexibility index (Phi) is 7.22. The Hall–Kier alpha value is -3.25. The number of nitrogens with zero attached hydrogens (tertiary/aromatic N) is 2. The van der Waals surface area contributed by atoms with Gasteiger partial charge in [0.15, 0.2) is 5.13 Å². The maximum Gasteiger partial charge on any atom is 0.350 e. The normalized spacial score (nSPS) is 17.0. The number of Topliss-reactive ketones (excluding diaryl/α,β-unsaturated/α-hetero) is 1. The molecule has 0 spiro atoms. The second-order valence-electron chi connectivity index (χ2n) is 7.58. The fourth-order valence-corrected chi connectivity index (χ4v) is 5.18. The first-order valence-corrected chi connectivity index (χ1v) is 12.5. The highest BCUT2D eigenvalue weighted by molar-refractivity contribution is 14.1. The Morgan fingerprint density at radius 1 is 1.20 bits per heavy atom. The number of hydrogen-bond donors (Lipinski definition) is 1. The molecule has 1 aliphatic heterocycles. The number of ketones is 1. The summed E-state index contributed by atoms with van der Waals surface area (Å²) in [6.45, 7) is 3.90. The topological polar surface area (TPSA) is 106 Å². The monoisotopic (exact) mass is 604 g/mol. The number of halogens is 1. The van der Waals surface area contributed by atoms with E-state index >= 15 is 0 Å². The third-order valence-electron chi connectivity index (χ3n) is 5.41. The van der Waals surface area contributed by atoms with Crippen LogP contribution in [0.1, 0.15) is 39.5 Å². The van der Waals surface area contributed by atoms with Gasteiger partial charge >= 0.3 is 11.9 Å². The molecule has 2 aromatic carbocycles. The molecule has 1 N–H and O–H groups in total. The van der Waals surface area contributed by atoms with Crippen molar-refractivity contribution >= 4 is 62.5 Å². The predicted molar refractivity (Wildman–Crippen MR) is 140 cm³/mol. The van der Waals surface area contributed by atoms with E-state index in [0.29, 0.717) is 29.2 Å². The van der Waals surface area contributed by atoms with E-state index in [1.807, 2.05) is 19.1 Å². The second-order valence-corrected chi connectivity index (χ2v) is 9.81.